The van der Waals surface area contributed by atoms with Crippen LogP contribution < -0.4 is 15.0 Å². The molecule has 34 heavy (non-hydrogen) atoms. The molecule has 0 saturated heterocycles. The molecule has 4 aromatic carbocycles. The minimum Gasteiger partial charge on any atom is -0.497 e. The van der Waals surface area contributed by atoms with E-state index in [0.717, 1.165) is 22.6 Å². The molecule has 2 amide bonds. The van der Waals surface area contributed by atoms with Gasteiger partial charge >= 0.3 is 0 Å². The van der Waals surface area contributed by atoms with Gasteiger partial charge in [-0.1, -0.05) is 60.7 Å². The zero-order chi connectivity index (χ0) is 23.8. The number of methoxy groups -OCH3 is 1. The Labute approximate surface area is 199 Å². The van der Waals surface area contributed by atoms with Gasteiger partial charge in [0, 0.05) is 16.9 Å². The van der Waals surface area contributed by atoms with E-state index in [1.54, 1.807) is 36.3 Å². The highest BCUT2D eigenvalue weighted by atomic mass is 16.5. The van der Waals surface area contributed by atoms with Crippen LogP contribution in [0, 0.1) is 0 Å². The predicted molar refractivity (Wildman–Crippen MR) is 135 cm³/mol. The summed E-state index contributed by atoms with van der Waals surface area (Å²) in [4.78, 5) is 27.8. The van der Waals surface area contributed by atoms with E-state index < -0.39 is 0 Å². The van der Waals surface area contributed by atoms with E-state index in [1.807, 2.05) is 84.9 Å². The molecule has 0 radical (unpaired) electrons. The summed E-state index contributed by atoms with van der Waals surface area (Å²) in [6, 6.07) is 33.9. The number of carbonyl (C=O) groups excluding carboxylic acids is 2. The first-order valence-corrected chi connectivity index (χ1v) is 11.1. The maximum absolute atomic E-state index is 13.4. The lowest BCUT2D eigenvalue weighted by molar-refractivity contribution is -0.115. The monoisotopic (exact) mass is 450 g/mol. The van der Waals surface area contributed by atoms with Crippen molar-refractivity contribution in [2.45, 2.75) is 13.0 Å². The number of benzene rings is 4. The number of rotatable bonds is 8. The van der Waals surface area contributed by atoms with Crippen molar-refractivity contribution in [3.8, 4) is 5.75 Å². The number of hydrogen-bond acceptors (Lipinski definition) is 3. The van der Waals surface area contributed by atoms with Crippen LogP contribution in [0.15, 0.2) is 109 Å². The van der Waals surface area contributed by atoms with Gasteiger partial charge < -0.3 is 15.0 Å². The van der Waals surface area contributed by atoms with Crippen LogP contribution in [0.1, 0.15) is 21.5 Å². The molecule has 0 aromatic heterocycles. The van der Waals surface area contributed by atoms with Crippen LogP contribution in [-0.2, 0) is 17.8 Å². The van der Waals surface area contributed by atoms with Crippen LogP contribution in [0.4, 0.5) is 11.4 Å². The van der Waals surface area contributed by atoms with Gasteiger partial charge in [0.15, 0.2) is 0 Å². The van der Waals surface area contributed by atoms with Crippen molar-refractivity contribution < 1.29 is 14.3 Å². The second kappa shape index (κ2) is 11.0. The van der Waals surface area contributed by atoms with Crippen LogP contribution in [0.5, 0.6) is 5.75 Å². The number of nitrogens with one attached hydrogen (secondary N) is 1. The van der Waals surface area contributed by atoms with Gasteiger partial charge in [0.2, 0.25) is 5.91 Å². The van der Waals surface area contributed by atoms with E-state index >= 15 is 0 Å². The Morgan fingerprint density at radius 1 is 0.765 bits per heavy atom. The Hall–Kier alpha value is -4.38. The van der Waals surface area contributed by atoms with Crippen LogP contribution in [-0.4, -0.2) is 18.9 Å². The third-order valence-corrected chi connectivity index (χ3v) is 5.41. The third kappa shape index (κ3) is 5.90. The fourth-order valence-corrected chi connectivity index (χ4v) is 3.68. The molecule has 5 nitrogen and oxygen atoms in total. The van der Waals surface area contributed by atoms with Gasteiger partial charge in [-0.3, -0.25) is 9.59 Å². The van der Waals surface area contributed by atoms with Crippen molar-refractivity contribution >= 4 is 23.2 Å². The molecule has 0 heterocycles. The SMILES string of the molecule is COc1ccc(NC(=O)Cc2cccc(N(Cc3ccccc3)C(=O)c3ccccc3)c2)cc1. The summed E-state index contributed by atoms with van der Waals surface area (Å²) in [6.45, 7) is 0.427. The lowest BCUT2D eigenvalue weighted by Gasteiger charge is -2.24. The topological polar surface area (TPSA) is 58.6 Å². The third-order valence-electron chi connectivity index (χ3n) is 5.41. The van der Waals surface area contributed by atoms with Crippen LogP contribution in [0.2, 0.25) is 0 Å². The van der Waals surface area contributed by atoms with Gasteiger partial charge in [-0.25, -0.2) is 0 Å². The zero-order valence-corrected chi connectivity index (χ0v) is 19.0. The number of nitrogens with zero attached hydrogens (tertiary/aromatic N) is 1. The Morgan fingerprint density at radius 3 is 2.09 bits per heavy atom. The molecule has 0 unspecified atom stereocenters. The normalized spacial score (nSPS) is 10.4. The second-order valence-electron chi connectivity index (χ2n) is 7.87. The summed E-state index contributed by atoms with van der Waals surface area (Å²) in [7, 11) is 1.60. The fourth-order valence-electron chi connectivity index (χ4n) is 3.68. The van der Waals surface area contributed by atoms with Crippen LogP contribution in [0.3, 0.4) is 0 Å². The molecule has 0 atom stereocenters. The molecular formula is C29H26N2O3. The summed E-state index contributed by atoms with van der Waals surface area (Å²) < 4.78 is 5.15. The first-order chi connectivity index (χ1) is 16.6. The van der Waals surface area contributed by atoms with Gasteiger partial charge in [0.05, 0.1) is 20.1 Å². The fraction of sp³-hybridized carbons (Fsp3) is 0.103. The molecule has 0 aliphatic heterocycles. The largest absolute Gasteiger partial charge is 0.497 e. The number of ether oxygens (including phenoxy) is 1. The van der Waals surface area contributed by atoms with Crippen molar-refractivity contribution in [1.29, 1.82) is 0 Å². The second-order valence-corrected chi connectivity index (χ2v) is 7.87. The molecular weight excluding hydrogens is 424 g/mol. The highest BCUT2D eigenvalue weighted by Crippen LogP contribution is 2.23. The molecule has 0 spiro atoms. The first-order valence-electron chi connectivity index (χ1n) is 11.1. The highest BCUT2D eigenvalue weighted by Gasteiger charge is 2.19. The molecule has 5 heteroatoms. The Balaban J connectivity index is 1.54. The smallest absolute Gasteiger partial charge is 0.258 e. The average Bonchev–Trinajstić information content (AvgIpc) is 2.88. The molecule has 1 N–H and O–H groups in total. The molecule has 0 bridgehead atoms. The van der Waals surface area contributed by atoms with E-state index in [2.05, 4.69) is 5.32 Å². The highest BCUT2D eigenvalue weighted by molar-refractivity contribution is 6.06. The summed E-state index contributed by atoms with van der Waals surface area (Å²) in [5, 5.41) is 2.90. The Kier molecular flexibility index (Phi) is 7.35. The molecule has 0 aliphatic rings. The number of carbonyl (C=O) groups is 2. The van der Waals surface area contributed by atoms with Gasteiger partial charge in [-0.2, -0.15) is 0 Å². The van der Waals surface area contributed by atoms with Crippen molar-refractivity contribution in [3.05, 3.63) is 126 Å². The van der Waals surface area contributed by atoms with Crippen molar-refractivity contribution in [1.82, 2.24) is 0 Å². The maximum atomic E-state index is 13.4. The van der Waals surface area contributed by atoms with Gasteiger partial charge in [0.1, 0.15) is 5.75 Å². The first kappa shape index (κ1) is 22.8. The lowest BCUT2D eigenvalue weighted by Crippen LogP contribution is -2.30. The minimum absolute atomic E-state index is 0.0933. The average molecular weight is 451 g/mol. The van der Waals surface area contributed by atoms with E-state index in [1.165, 1.54) is 0 Å². The lowest BCUT2D eigenvalue weighted by atomic mass is 10.1. The van der Waals surface area contributed by atoms with Crippen molar-refractivity contribution in [2.75, 3.05) is 17.3 Å². The quantitative estimate of drug-likeness (QED) is 0.373. The molecule has 170 valence electrons. The Morgan fingerprint density at radius 2 is 1.41 bits per heavy atom. The molecule has 4 aromatic rings. The summed E-state index contributed by atoms with van der Waals surface area (Å²) in [5.74, 6) is 0.503. The summed E-state index contributed by atoms with van der Waals surface area (Å²) >= 11 is 0. The number of amides is 2. The van der Waals surface area contributed by atoms with E-state index in [9.17, 15) is 9.59 Å². The van der Waals surface area contributed by atoms with E-state index in [4.69, 9.17) is 4.74 Å². The minimum atomic E-state index is -0.133. The standard InChI is InChI=1S/C29H26N2O3/c1-34-27-17-15-25(16-18-27)30-28(32)20-23-11-8-14-26(19-23)31(21-22-9-4-2-5-10-22)29(33)24-12-6-3-7-13-24/h2-19H,20-21H2,1H3,(H,30,32). The van der Waals surface area contributed by atoms with Gasteiger partial charge in [-0.15, -0.1) is 0 Å². The van der Waals surface area contributed by atoms with Crippen molar-refractivity contribution in [2.24, 2.45) is 0 Å². The molecule has 0 fully saturated rings. The van der Waals surface area contributed by atoms with E-state index in [-0.39, 0.29) is 18.2 Å². The molecule has 0 saturated carbocycles. The Bertz CT molecular complexity index is 1240. The van der Waals surface area contributed by atoms with Gasteiger partial charge in [0.25, 0.3) is 5.91 Å². The molecule has 0 aliphatic carbocycles. The number of anilines is 2. The summed E-state index contributed by atoms with van der Waals surface area (Å²) in [5.41, 5.74) is 3.90. The predicted octanol–water partition coefficient (Wildman–Crippen LogP) is 5.72. The van der Waals surface area contributed by atoms with Crippen LogP contribution >= 0.6 is 0 Å². The zero-order valence-electron chi connectivity index (χ0n) is 19.0. The number of hydrogen-bond donors (Lipinski definition) is 1. The van der Waals surface area contributed by atoms with Crippen molar-refractivity contribution in [3.63, 3.8) is 0 Å². The molecule has 4 rings (SSSR count). The van der Waals surface area contributed by atoms with E-state index in [0.29, 0.717) is 17.8 Å². The summed E-state index contributed by atoms with van der Waals surface area (Å²) in [6.07, 6.45) is 0.193. The van der Waals surface area contributed by atoms with Gasteiger partial charge in [-0.05, 0) is 59.7 Å². The van der Waals surface area contributed by atoms with Crippen LogP contribution in [0.25, 0.3) is 0 Å². The maximum Gasteiger partial charge on any atom is 0.258 e.